The fourth-order valence-electron chi connectivity index (χ4n) is 3.65. The molecule has 0 bridgehead atoms. The van der Waals surface area contributed by atoms with Crippen LogP contribution in [0.3, 0.4) is 0 Å². The SMILES string of the molecule is CC1(C)C[C@@H](O)C[C@@H]2[C@@H](O)[C@@H](O)[C@H]([C@H](O)CO)N21. The Hall–Kier alpha value is -0.240. The van der Waals surface area contributed by atoms with E-state index in [1.54, 1.807) is 0 Å². The molecule has 0 aromatic carbocycles. The molecule has 6 heteroatoms. The Bertz CT molecular complexity index is 311. The van der Waals surface area contributed by atoms with Gasteiger partial charge < -0.3 is 25.5 Å². The van der Waals surface area contributed by atoms with Crippen LogP contribution in [-0.4, -0.2) is 79.1 Å². The summed E-state index contributed by atoms with van der Waals surface area (Å²) in [6.07, 6.45) is -2.86. The number of rotatable bonds is 2. The molecule has 18 heavy (non-hydrogen) atoms. The highest BCUT2D eigenvalue weighted by atomic mass is 16.3. The van der Waals surface area contributed by atoms with Gasteiger partial charge in [0.05, 0.1) is 37.1 Å². The summed E-state index contributed by atoms with van der Waals surface area (Å²) >= 11 is 0. The molecule has 2 fully saturated rings. The van der Waals surface area contributed by atoms with Crippen LogP contribution in [0, 0.1) is 0 Å². The molecule has 0 unspecified atom stereocenters. The molecule has 2 saturated heterocycles. The second kappa shape index (κ2) is 4.70. The minimum Gasteiger partial charge on any atom is -0.394 e. The highest BCUT2D eigenvalue weighted by molar-refractivity contribution is 5.11. The van der Waals surface area contributed by atoms with Gasteiger partial charge in [0.2, 0.25) is 0 Å². The Morgan fingerprint density at radius 2 is 1.83 bits per heavy atom. The van der Waals surface area contributed by atoms with Crippen LogP contribution >= 0.6 is 0 Å². The van der Waals surface area contributed by atoms with E-state index < -0.39 is 42.6 Å². The van der Waals surface area contributed by atoms with Gasteiger partial charge in [-0.05, 0) is 26.7 Å². The van der Waals surface area contributed by atoms with E-state index in [9.17, 15) is 20.4 Å². The van der Waals surface area contributed by atoms with Gasteiger partial charge in [-0.15, -0.1) is 0 Å². The third-order valence-corrected chi connectivity index (χ3v) is 4.30. The van der Waals surface area contributed by atoms with Gasteiger partial charge in [0, 0.05) is 11.6 Å². The lowest BCUT2D eigenvalue weighted by atomic mass is 9.84. The fraction of sp³-hybridized carbons (Fsp3) is 1.00. The van der Waals surface area contributed by atoms with Crippen molar-refractivity contribution in [2.24, 2.45) is 0 Å². The zero-order valence-electron chi connectivity index (χ0n) is 10.8. The van der Waals surface area contributed by atoms with Gasteiger partial charge in [-0.3, -0.25) is 4.90 Å². The fourth-order valence-corrected chi connectivity index (χ4v) is 3.65. The van der Waals surface area contributed by atoms with Gasteiger partial charge in [0.15, 0.2) is 0 Å². The smallest absolute Gasteiger partial charge is 0.0995 e. The predicted octanol–water partition coefficient (Wildman–Crippen LogP) is -1.95. The van der Waals surface area contributed by atoms with Crippen LogP contribution < -0.4 is 0 Å². The van der Waals surface area contributed by atoms with Crippen LogP contribution in [0.1, 0.15) is 26.7 Å². The average Bonchev–Trinajstić information content (AvgIpc) is 2.52. The van der Waals surface area contributed by atoms with Gasteiger partial charge in [-0.25, -0.2) is 0 Å². The van der Waals surface area contributed by atoms with Crippen molar-refractivity contribution in [1.82, 2.24) is 4.90 Å². The maximum Gasteiger partial charge on any atom is 0.0995 e. The van der Waals surface area contributed by atoms with Crippen LogP contribution in [0.15, 0.2) is 0 Å². The Labute approximate surface area is 106 Å². The van der Waals surface area contributed by atoms with Gasteiger partial charge in [0.25, 0.3) is 0 Å². The number of piperidine rings is 1. The molecule has 6 nitrogen and oxygen atoms in total. The number of aliphatic hydroxyl groups is 5. The molecule has 2 aliphatic rings. The van der Waals surface area contributed by atoms with E-state index in [0.29, 0.717) is 12.8 Å². The van der Waals surface area contributed by atoms with Crippen molar-refractivity contribution in [3.8, 4) is 0 Å². The molecule has 106 valence electrons. The molecular weight excluding hydrogens is 238 g/mol. The summed E-state index contributed by atoms with van der Waals surface area (Å²) in [5.41, 5.74) is -0.443. The summed E-state index contributed by atoms with van der Waals surface area (Å²) in [6, 6.07) is -1.08. The lowest BCUT2D eigenvalue weighted by molar-refractivity contribution is -0.0905. The van der Waals surface area contributed by atoms with E-state index in [4.69, 9.17) is 5.11 Å². The molecule has 5 N–H and O–H groups in total. The predicted molar refractivity (Wildman–Crippen MR) is 63.8 cm³/mol. The second-order valence-electron chi connectivity index (χ2n) is 6.10. The Kier molecular flexibility index (Phi) is 3.70. The molecule has 2 aliphatic heterocycles. The number of aliphatic hydroxyl groups excluding tert-OH is 5. The van der Waals surface area contributed by atoms with Crippen molar-refractivity contribution in [3.63, 3.8) is 0 Å². The minimum atomic E-state index is -1.11. The van der Waals surface area contributed by atoms with Crippen molar-refractivity contribution >= 4 is 0 Å². The number of hydrogen-bond donors (Lipinski definition) is 5. The second-order valence-corrected chi connectivity index (χ2v) is 6.10. The van der Waals surface area contributed by atoms with Crippen LogP contribution in [-0.2, 0) is 0 Å². The first kappa shape index (κ1) is 14.2. The molecule has 6 atom stereocenters. The van der Waals surface area contributed by atoms with E-state index in [1.807, 2.05) is 18.7 Å². The average molecular weight is 261 g/mol. The summed E-state index contributed by atoms with van der Waals surface area (Å²) in [5.74, 6) is 0. The van der Waals surface area contributed by atoms with Crippen molar-refractivity contribution in [3.05, 3.63) is 0 Å². The lowest BCUT2D eigenvalue weighted by Gasteiger charge is -2.49. The largest absolute Gasteiger partial charge is 0.394 e. The van der Waals surface area contributed by atoms with Gasteiger partial charge in [-0.1, -0.05) is 0 Å². The first-order chi connectivity index (χ1) is 8.29. The third-order valence-electron chi connectivity index (χ3n) is 4.30. The molecule has 0 aromatic heterocycles. The maximum absolute atomic E-state index is 10.1. The monoisotopic (exact) mass is 261 g/mol. The molecule has 0 saturated carbocycles. The normalized spacial score (nSPS) is 45.8. The van der Waals surface area contributed by atoms with Crippen LogP contribution in [0.2, 0.25) is 0 Å². The molecule has 0 aromatic rings. The Morgan fingerprint density at radius 3 is 2.39 bits per heavy atom. The number of nitrogens with zero attached hydrogens (tertiary/aromatic N) is 1. The molecular formula is C12H23NO5. The van der Waals surface area contributed by atoms with E-state index >= 15 is 0 Å². The lowest BCUT2D eigenvalue weighted by Crippen LogP contribution is -2.61. The highest BCUT2D eigenvalue weighted by Crippen LogP contribution is 2.42. The topological polar surface area (TPSA) is 104 Å². The highest BCUT2D eigenvalue weighted by Gasteiger charge is 2.57. The molecule has 0 spiro atoms. The molecule has 0 radical (unpaired) electrons. The van der Waals surface area contributed by atoms with Crippen LogP contribution in [0.25, 0.3) is 0 Å². The van der Waals surface area contributed by atoms with Crippen molar-refractivity contribution in [2.75, 3.05) is 6.61 Å². The number of fused-ring (bicyclic) bond motifs is 1. The molecule has 0 aliphatic carbocycles. The van der Waals surface area contributed by atoms with E-state index in [1.165, 1.54) is 0 Å². The van der Waals surface area contributed by atoms with Crippen molar-refractivity contribution < 1.29 is 25.5 Å². The summed E-state index contributed by atoms with van der Waals surface area (Å²) in [7, 11) is 0. The van der Waals surface area contributed by atoms with Crippen LogP contribution in [0.4, 0.5) is 0 Å². The van der Waals surface area contributed by atoms with Crippen molar-refractivity contribution in [2.45, 2.75) is 68.7 Å². The van der Waals surface area contributed by atoms with Gasteiger partial charge in [0.1, 0.15) is 0 Å². The van der Waals surface area contributed by atoms with Crippen LogP contribution in [0.5, 0.6) is 0 Å². The summed E-state index contributed by atoms with van der Waals surface area (Å²) in [4.78, 5) is 1.86. The quantitative estimate of drug-likeness (QED) is 0.396. The standard InChI is InChI=1S/C12H23NO5/c1-12(2)4-6(15)3-7-10(17)11(18)9(13(7)12)8(16)5-14/h6-11,14-18H,3-5H2,1-2H3/t6-,7+,8+,9-,10+,11-/m0/s1. The van der Waals surface area contributed by atoms with Crippen molar-refractivity contribution in [1.29, 1.82) is 0 Å². The zero-order chi connectivity index (χ0) is 13.7. The molecule has 2 heterocycles. The Balaban J connectivity index is 2.33. The summed E-state index contributed by atoms with van der Waals surface area (Å²) < 4.78 is 0. The number of hydrogen-bond acceptors (Lipinski definition) is 6. The van der Waals surface area contributed by atoms with Gasteiger partial charge in [-0.2, -0.15) is 0 Å². The summed E-state index contributed by atoms with van der Waals surface area (Å²) in [5, 5.41) is 48.9. The third kappa shape index (κ3) is 2.07. The zero-order valence-corrected chi connectivity index (χ0v) is 10.8. The minimum absolute atomic E-state index is 0.371. The maximum atomic E-state index is 10.1. The first-order valence-electron chi connectivity index (χ1n) is 6.41. The first-order valence-corrected chi connectivity index (χ1v) is 6.41. The van der Waals surface area contributed by atoms with E-state index in [-0.39, 0.29) is 6.04 Å². The molecule has 0 amide bonds. The Morgan fingerprint density at radius 1 is 1.22 bits per heavy atom. The van der Waals surface area contributed by atoms with E-state index in [0.717, 1.165) is 0 Å². The van der Waals surface area contributed by atoms with E-state index in [2.05, 4.69) is 0 Å². The van der Waals surface area contributed by atoms with Gasteiger partial charge >= 0.3 is 0 Å². The molecule has 2 rings (SSSR count). The summed E-state index contributed by atoms with van der Waals surface area (Å²) in [6.45, 7) is 3.35.